The minimum absolute atomic E-state index is 0.210. The van der Waals surface area contributed by atoms with Crippen LogP contribution in [0.5, 0.6) is 0 Å². The van der Waals surface area contributed by atoms with E-state index in [4.69, 9.17) is 0 Å². The fourth-order valence-electron chi connectivity index (χ4n) is 1.89. The molecule has 0 bridgehead atoms. The van der Waals surface area contributed by atoms with Gasteiger partial charge in [-0.05, 0) is 30.2 Å². The van der Waals surface area contributed by atoms with Gasteiger partial charge in [-0.15, -0.1) is 0 Å². The third kappa shape index (κ3) is 3.06. The lowest BCUT2D eigenvalue weighted by Crippen LogP contribution is -2.09. The Morgan fingerprint density at radius 3 is 2.47 bits per heavy atom. The maximum atomic E-state index is 13.1. The van der Waals surface area contributed by atoms with Gasteiger partial charge in [0.2, 0.25) is 0 Å². The quantitative estimate of drug-likeness (QED) is 0.819. The first kappa shape index (κ1) is 11.6. The Morgan fingerprint density at radius 1 is 1.06 bits per heavy atom. The number of hydrogen-bond donors (Lipinski definition) is 1. The molecular weight excluding hydrogens is 213 g/mol. The van der Waals surface area contributed by atoms with Crippen molar-refractivity contribution in [2.45, 2.75) is 19.4 Å². The minimum Gasteiger partial charge on any atom is -0.378 e. The number of halogens is 1. The van der Waals surface area contributed by atoms with Crippen LogP contribution in [-0.2, 0) is 0 Å². The van der Waals surface area contributed by atoms with Gasteiger partial charge in [0.05, 0.1) is 6.04 Å². The Bertz CT molecular complexity index is 467. The molecule has 0 amide bonds. The van der Waals surface area contributed by atoms with Gasteiger partial charge in [-0.2, -0.15) is 0 Å². The fourth-order valence-corrected chi connectivity index (χ4v) is 1.89. The first-order chi connectivity index (χ1) is 8.29. The van der Waals surface area contributed by atoms with E-state index in [1.165, 1.54) is 17.7 Å². The van der Waals surface area contributed by atoms with E-state index in [2.05, 4.69) is 24.4 Å². The van der Waals surface area contributed by atoms with Crippen LogP contribution in [0.1, 0.15) is 24.9 Å². The molecule has 0 fully saturated rings. The second-order valence-corrected chi connectivity index (χ2v) is 4.03. The molecular formula is C15H16FN. The molecule has 0 saturated carbocycles. The van der Waals surface area contributed by atoms with Crippen LogP contribution in [0, 0.1) is 5.82 Å². The molecule has 0 saturated heterocycles. The summed E-state index contributed by atoms with van der Waals surface area (Å²) in [6, 6.07) is 17.0. The fraction of sp³-hybridized carbons (Fsp3) is 0.200. The molecule has 2 aromatic rings. The van der Waals surface area contributed by atoms with E-state index in [0.717, 1.165) is 12.1 Å². The van der Waals surface area contributed by atoms with Gasteiger partial charge < -0.3 is 5.32 Å². The maximum absolute atomic E-state index is 13.1. The smallest absolute Gasteiger partial charge is 0.125 e. The standard InChI is InChI=1S/C15H16FN/c1-2-15(12-7-4-3-5-8-12)17-14-10-6-9-13(16)11-14/h3-11,15,17H,2H2,1H3. The molecule has 0 aliphatic carbocycles. The molecule has 88 valence electrons. The van der Waals surface area contributed by atoms with E-state index >= 15 is 0 Å². The van der Waals surface area contributed by atoms with Gasteiger partial charge in [-0.25, -0.2) is 4.39 Å². The van der Waals surface area contributed by atoms with Gasteiger partial charge in [0.1, 0.15) is 5.82 Å². The summed E-state index contributed by atoms with van der Waals surface area (Å²) in [5, 5.41) is 3.35. The lowest BCUT2D eigenvalue weighted by Gasteiger charge is -2.18. The van der Waals surface area contributed by atoms with Crippen molar-refractivity contribution in [1.82, 2.24) is 0 Å². The zero-order valence-corrected chi connectivity index (χ0v) is 9.86. The third-order valence-electron chi connectivity index (χ3n) is 2.78. The third-order valence-corrected chi connectivity index (χ3v) is 2.78. The second-order valence-electron chi connectivity index (χ2n) is 4.03. The van der Waals surface area contributed by atoms with Crippen molar-refractivity contribution in [3.8, 4) is 0 Å². The number of benzene rings is 2. The van der Waals surface area contributed by atoms with Crippen molar-refractivity contribution in [1.29, 1.82) is 0 Å². The van der Waals surface area contributed by atoms with Gasteiger partial charge in [-0.1, -0.05) is 43.3 Å². The molecule has 1 atom stereocenters. The van der Waals surface area contributed by atoms with Crippen LogP contribution in [0.15, 0.2) is 54.6 Å². The zero-order chi connectivity index (χ0) is 12.1. The highest BCUT2D eigenvalue weighted by Crippen LogP contribution is 2.22. The summed E-state index contributed by atoms with van der Waals surface area (Å²) >= 11 is 0. The van der Waals surface area contributed by atoms with E-state index in [1.54, 1.807) is 6.07 Å². The van der Waals surface area contributed by atoms with Crippen LogP contribution in [0.4, 0.5) is 10.1 Å². The number of hydrogen-bond acceptors (Lipinski definition) is 1. The average Bonchev–Trinajstić information content (AvgIpc) is 2.37. The monoisotopic (exact) mass is 229 g/mol. The molecule has 1 N–H and O–H groups in total. The van der Waals surface area contributed by atoms with E-state index in [0.29, 0.717) is 0 Å². The van der Waals surface area contributed by atoms with Gasteiger partial charge in [-0.3, -0.25) is 0 Å². The average molecular weight is 229 g/mol. The Balaban J connectivity index is 2.16. The van der Waals surface area contributed by atoms with Gasteiger partial charge >= 0.3 is 0 Å². The Labute approximate surface area is 101 Å². The van der Waals surface area contributed by atoms with Crippen LogP contribution in [0.3, 0.4) is 0 Å². The Kier molecular flexibility index (Phi) is 3.76. The largest absolute Gasteiger partial charge is 0.378 e. The van der Waals surface area contributed by atoms with E-state index in [9.17, 15) is 4.39 Å². The van der Waals surface area contributed by atoms with Crippen LogP contribution in [0.25, 0.3) is 0 Å². The van der Waals surface area contributed by atoms with Crippen molar-refractivity contribution in [2.75, 3.05) is 5.32 Å². The van der Waals surface area contributed by atoms with Gasteiger partial charge in [0, 0.05) is 5.69 Å². The molecule has 0 aromatic heterocycles. The molecule has 2 rings (SSSR count). The summed E-state index contributed by atoms with van der Waals surface area (Å²) < 4.78 is 13.1. The van der Waals surface area contributed by atoms with Crippen molar-refractivity contribution in [2.24, 2.45) is 0 Å². The van der Waals surface area contributed by atoms with Crippen LogP contribution in [0.2, 0.25) is 0 Å². The molecule has 2 heteroatoms. The topological polar surface area (TPSA) is 12.0 Å². The van der Waals surface area contributed by atoms with E-state index in [-0.39, 0.29) is 11.9 Å². The van der Waals surface area contributed by atoms with Crippen molar-refractivity contribution >= 4 is 5.69 Å². The van der Waals surface area contributed by atoms with Crippen molar-refractivity contribution in [3.63, 3.8) is 0 Å². The first-order valence-electron chi connectivity index (χ1n) is 5.86. The molecule has 0 radical (unpaired) electrons. The lowest BCUT2D eigenvalue weighted by molar-refractivity contribution is 0.627. The van der Waals surface area contributed by atoms with Crippen molar-refractivity contribution in [3.05, 3.63) is 66.0 Å². The molecule has 1 unspecified atom stereocenters. The van der Waals surface area contributed by atoms with E-state index in [1.807, 2.05) is 24.3 Å². The summed E-state index contributed by atoms with van der Waals surface area (Å²) in [6.45, 7) is 2.12. The summed E-state index contributed by atoms with van der Waals surface area (Å²) in [7, 11) is 0. The summed E-state index contributed by atoms with van der Waals surface area (Å²) in [5.74, 6) is -0.210. The summed E-state index contributed by atoms with van der Waals surface area (Å²) in [5.41, 5.74) is 2.04. The summed E-state index contributed by atoms with van der Waals surface area (Å²) in [4.78, 5) is 0. The Morgan fingerprint density at radius 2 is 1.82 bits per heavy atom. The molecule has 0 heterocycles. The highest BCUT2D eigenvalue weighted by atomic mass is 19.1. The maximum Gasteiger partial charge on any atom is 0.125 e. The number of anilines is 1. The normalized spacial score (nSPS) is 12.1. The molecule has 17 heavy (non-hydrogen) atoms. The van der Waals surface area contributed by atoms with E-state index < -0.39 is 0 Å². The minimum atomic E-state index is -0.210. The molecule has 1 nitrogen and oxygen atoms in total. The van der Waals surface area contributed by atoms with Crippen LogP contribution in [-0.4, -0.2) is 0 Å². The highest BCUT2D eigenvalue weighted by molar-refractivity contribution is 5.45. The van der Waals surface area contributed by atoms with Crippen LogP contribution < -0.4 is 5.32 Å². The predicted molar refractivity (Wildman–Crippen MR) is 69.5 cm³/mol. The Hall–Kier alpha value is -1.83. The van der Waals surface area contributed by atoms with Gasteiger partial charge in [0.15, 0.2) is 0 Å². The molecule has 0 aliphatic heterocycles. The predicted octanol–water partition coefficient (Wildman–Crippen LogP) is 4.39. The second kappa shape index (κ2) is 5.48. The molecule has 0 aliphatic rings. The molecule has 2 aromatic carbocycles. The highest BCUT2D eigenvalue weighted by Gasteiger charge is 2.08. The number of rotatable bonds is 4. The van der Waals surface area contributed by atoms with Crippen LogP contribution >= 0.6 is 0 Å². The zero-order valence-electron chi connectivity index (χ0n) is 9.86. The summed E-state index contributed by atoms with van der Waals surface area (Å²) in [6.07, 6.45) is 0.959. The van der Waals surface area contributed by atoms with Crippen molar-refractivity contribution < 1.29 is 4.39 Å². The first-order valence-corrected chi connectivity index (χ1v) is 5.86. The SMILES string of the molecule is CCC(Nc1cccc(F)c1)c1ccccc1. The molecule has 0 spiro atoms. The number of nitrogens with one attached hydrogen (secondary N) is 1. The van der Waals surface area contributed by atoms with Gasteiger partial charge in [0.25, 0.3) is 0 Å². The lowest BCUT2D eigenvalue weighted by atomic mass is 10.0.